The van der Waals surface area contributed by atoms with Crippen molar-refractivity contribution in [2.24, 2.45) is 0 Å². The second kappa shape index (κ2) is 4.16. The average Bonchev–Trinajstić information content (AvgIpc) is 2.52. The maximum atomic E-state index is 4.21. The summed E-state index contributed by atoms with van der Waals surface area (Å²) in [5.74, 6) is 1.71. The smallest absolute Gasteiger partial charge is 0.108 e. The number of nitrogens with one attached hydrogen (secondary N) is 1. The molecule has 0 amide bonds. The van der Waals surface area contributed by atoms with E-state index in [9.17, 15) is 0 Å². The predicted molar refractivity (Wildman–Crippen MR) is 46.5 cm³/mol. The van der Waals surface area contributed by atoms with E-state index in [1.165, 1.54) is 19.3 Å². The predicted octanol–water partition coefficient (Wildman–Crippen LogP) is 2.70. The summed E-state index contributed by atoms with van der Waals surface area (Å²) in [6, 6.07) is 0. The van der Waals surface area contributed by atoms with E-state index in [4.69, 9.17) is 0 Å². The third-order valence-electron chi connectivity index (χ3n) is 1.98. The second-order valence-electron chi connectivity index (χ2n) is 3.02. The molecule has 0 aromatic carbocycles. The number of hydrogen-bond acceptors (Lipinski definition) is 1. The molecule has 2 nitrogen and oxygen atoms in total. The molecule has 1 aromatic rings. The normalized spacial score (nSPS) is 13.3. The van der Waals surface area contributed by atoms with Gasteiger partial charge < -0.3 is 4.98 Å². The number of aromatic nitrogens is 2. The van der Waals surface area contributed by atoms with Crippen LogP contribution in [0.2, 0.25) is 0 Å². The summed E-state index contributed by atoms with van der Waals surface area (Å²) in [6.45, 7) is 4.43. The Bertz CT molecular complexity index is 179. The zero-order chi connectivity index (χ0) is 8.10. The van der Waals surface area contributed by atoms with Gasteiger partial charge in [0.05, 0.1) is 0 Å². The minimum Gasteiger partial charge on any atom is -0.348 e. The van der Waals surface area contributed by atoms with E-state index in [1.54, 1.807) is 0 Å². The Kier molecular flexibility index (Phi) is 3.14. The SMILES string of the molecule is CCCC[C@@H](C)c1ncc[nH]1. The first-order chi connectivity index (χ1) is 5.34. The van der Waals surface area contributed by atoms with E-state index in [0.717, 1.165) is 5.82 Å². The van der Waals surface area contributed by atoms with Crippen molar-refractivity contribution in [3.8, 4) is 0 Å². The Morgan fingerprint density at radius 2 is 2.45 bits per heavy atom. The van der Waals surface area contributed by atoms with Gasteiger partial charge in [-0.3, -0.25) is 0 Å². The molecule has 0 aliphatic carbocycles. The van der Waals surface area contributed by atoms with Crippen LogP contribution in [0, 0.1) is 0 Å². The summed E-state index contributed by atoms with van der Waals surface area (Å²) in [6.07, 6.45) is 7.51. The molecule has 0 fully saturated rings. The molecule has 0 bridgehead atoms. The molecule has 1 heterocycles. The van der Waals surface area contributed by atoms with Crippen molar-refractivity contribution < 1.29 is 0 Å². The molecule has 0 unspecified atom stereocenters. The second-order valence-corrected chi connectivity index (χ2v) is 3.02. The third kappa shape index (κ3) is 2.37. The Labute approximate surface area is 68.0 Å². The van der Waals surface area contributed by atoms with Crippen molar-refractivity contribution in [2.75, 3.05) is 0 Å². The topological polar surface area (TPSA) is 28.7 Å². The molecule has 62 valence electrons. The number of hydrogen-bond donors (Lipinski definition) is 1. The molecule has 0 spiro atoms. The maximum absolute atomic E-state index is 4.21. The van der Waals surface area contributed by atoms with Crippen LogP contribution in [-0.4, -0.2) is 9.97 Å². The van der Waals surface area contributed by atoms with E-state index >= 15 is 0 Å². The fourth-order valence-corrected chi connectivity index (χ4v) is 1.19. The number of H-pyrrole nitrogens is 1. The zero-order valence-corrected chi connectivity index (χ0v) is 7.30. The van der Waals surface area contributed by atoms with Gasteiger partial charge in [0.15, 0.2) is 0 Å². The highest BCUT2D eigenvalue weighted by atomic mass is 14.9. The largest absolute Gasteiger partial charge is 0.348 e. The minimum absolute atomic E-state index is 0.588. The number of aromatic amines is 1. The average molecular weight is 152 g/mol. The molecule has 1 aromatic heterocycles. The lowest BCUT2D eigenvalue weighted by Crippen LogP contribution is -1.95. The molecule has 11 heavy (non-hydrogen) atoms. The zero-order valence-electron chi connectivity index (χ0n) is 7.30. The third-order valence-corrected chi connectivity index (χ3v) is 1.98. The van der Waals surface area contributed by atoms with Crippen LogP contribution in [0.1, 0.15) is 44.9 Å². The lowest BCUT2D eigenvalue weighted by molar-refractivity contribution is 0.601. The lowest BCUT2D eigenvalue weighted by atomic mass is 10.0. The molecule has 0 saturated heterocycles. The van der Waals surface area contributed by atoms with Crippen LogP contribution in [-0.2, 0) is 0 Å². The molecule has 2 heteroatoms. The molecule has 0 radical (unpaired) electrons. The highest BCUT2D eigenvalue weighted by Gasteiger charge is 2.05. The first kappa shape index (κ1) is 8.31. The Morgan fingerprint density at radius 1 is 1.64 bits per heavy atom. The van der Waals surface area contributed by atoms with Crippen molar-refractivity contribution in [3.63, 3.8) is 0 Å². The number of unbranched alkanes of at least 4 members (excludes halogenated alkanes) is 1. The molecule has 0 aliphatic heterocycles. The summed E-state index contributed by atoms with van der Waals surface area (Å²) in [4.78, 5) is 7.35. The fourth-order valence-electron chi connectivity index (χ4n) is 1.19. The van der Waals surface area contributed by atoms with Crippen LogP contribution in [0.25, 0.3) is 0 Å². The van der Waals surface area contributed by atoms with Crippen LogP contribution in [0.5, 0.6) is 0 Å². The molecule has 1 atom stereocenters. The Balaban J connectivity index is 2.36. The molecular formula is C9H16N2. The van der Waals surface area contributed by atoms with Gasteiger partial charge in [-0.25, -0.2) is 4.98 Å². The number of nitrogens with zero attached hydrogens (tertiary/aromatic N) is 1. The van der Waals surface area contributed by atoms with E-state index in [0.29, 0.717) is 5.92 Å². The van der Waals surface area contributed by atoms with Gasteiger partial charge >= 0.3 is 0 Å². The Morgan fingerprint density at radius 3 is 3.00 bits per heavy atom. The van der Waals surface area contributed by atoms with Crippen molar-refractivity contribution in [3.05, 3.63) is 18.2 Å². The summed E-state index contributed by atoms with van der Waals surface area (Å²) in [7, 11) is 0. The van der Waals surface area contributed by atoms with E-state index < -0.39 is 0 Å². The molecule has 0 saturated carbocycles. The highest BCUT2D eigenvalue weighted by molar-refractivity contribution is 4.94. The van der Waals surface area contributed by atoms with Crippen molar-refractivity contribution >= 4 is 0 Å². The summed E-state index contributed by atoms with van der Waals surface area (Å²) in [5, 5.41) is 0. The number of rotatable bonds is 4. The van der Waals surface area contributed by atoms with Crippen LogP contribution in [0.4, 0.5) is 0 Å². The van der Waals surface area contributed by atoms with Crippen LogP contribution in [0.15, 0.2) is 12.4 Å². The molecule has 1 N–H and O–H groups in total. The van der Waals surface area contributed by atoms with E-state index in [1.807, 2.05) is 12.4 Å². The maximum Gasteiger partial charge on any atom is 0.108 e. The monoisotopic (exact) mass is 152 g/mol. The minimum atomic E-state index is 0.588. The van der Waals surface area contributed by atoms with Gasteiger partial charge in [-0.1, -0.05) is 26.7 Å². The van der Waals surface area contributed by atoms with Gasteiger partial charge in [-0.2, -0.15) is 0 Å². The van der Waals surface area contributed by atoms with Crippen LogP contribution in [0.3, 0.4) is 0 Å². The quantitative estimate of drug-likeness (QED) is 0.706. The summed E-state index contributed by atoms with van der Waals surface area (Å²) >= 11 is 0. The first-order valence-electron chi connectivity index (χ1n) is 4.34. The van der Waals surface area contributed by atoms with Gasteiger partial charge in [0.2, 0.25) is 0 Å². The van der Waals surface area contributed by atoms with Gasteiger partial charge in [0, 0.05) is 18.3 Å². The van der Waals surface area contributed by atoms with Gasteiger partial charge in [-0.05, 0) is 6.42 Å². The summed E-state index contributed by atoms with van der Waals surface area (Å²) < 4.78 is 0. The van der Waals surface area contributed by atoms with Crippen LogP contribution >= 0.6 is 0 Å². The molecule has 0 aliphatic rings. The molecular weight excluding hydrogens is 136 g/mol. The van der Waals surface area contributed by atoms with Crippen LogP contribution < -0.4 is 0 Å². The highest BCUT2D eigenvalue weighted by Crippen LogP contribution is 2.16. The van der Waals surface area contributed by atoms with Crippen molar-refractivity contribution in [2.45, 2.75) is 39.0 Å². The van der Waals surface area contributed by atoms with E-state index in [2.05, 4.69) is 23.8 Å². The standard InChI is InChI=1S/C9H16N2/c1-3-4-5-8(2)9-10-6-7-11-9/h6-8H,3-5H2,1-2H3,(H,10,11)/t8-/m1/s1. The van der Waals surface area contributed by atoms with Crippen molar-refractivity contribution in [1.82, 2.24) is 9.97 Å². The number of imidazole rings is 1. The van der Waals surface area contributed by atoms with Gasteiger partial charge in [0.1, 0.15) is 5.82 Å². The first-order valence-corrected chi connectivity index (χ1v) is 4.34. The van der Waals surface area contributed by atoms with Gasteiger partial charge in [0.25, 0.3) is 0 Å². The van der Waals surface area contributed by atoms with Gasteiger partial charge in [-0.15, -0.1) is 0 Å². The lowest BCUT2D eigenvalue weighted by Gasteiger charge is -2.05. The Hall–Kier alpha value is -0.790. The summed E-state index contributed by atoms with van der Waals surface area (Å²) in [5.41, 5.74) is 0. The molecule has 1 rings (SSSR count). The van der Waals surface area contributed by atoms with Crippen molar-refractivity contribution in [1.29, 1.82) is 0 Å². The van der Waals surface area contributed by atoms with E-state index in [-0.39, 0.29) is 0 Å². The fraction of sp³-hybridized carbons (Fsp3) is 0.667.